The first-order chi connectivity index (χ1) is 10.3. The second-order valence-corrected chi connectivity index (χ2v) is 5.31. The molecule has 2 heterocycles. The molecule has 1 aliphatic rings. The van der Waals surface area contributed by atoms with Crippen LogP contribution in [0.4, 0.5) is 5.82 Å². The van der Waals surface area contributed by atoms with Gasteiger partial charge in [0.05, 0.1) is 6.04 Å². The van der Waals surface area contributed by atoms with Gasteiger partial charge in [-0.1, -0.05) is 24.3 Å². The number of nitrogens with one attached hydrogen (secondary N) is 2. The Hall–Kier alpha value is -2.63. The summed E-state index contributed by atoms with van der Waals surface area (Å²) in [6.45, 7) is 0. The molecule has 2 N–H and O–H groups in total. The highest BCUT2D eigenvalue weighted by Crippen LogP contribution is 2.31. The van der Waals surface area contributed by atoms with E-state index in [2.05, 4.69) is 44.9 Å². The lowest BCUT2D eigenvalue weighted by atomic mass is 9.88. The highest BCUT2D eigenvalue weighted by atomic mass is 16.2. The Bertz CT molecular complexity index is 850. The maximum atomic E-state index is 11.6. The Kier molecular flexibility index (Phi) is 2.73. The Labute approximate surface area is 120 Å². The standard InChI is InChI=1S/C15H15N5O/c21-15-18-17-14-9-8-13(19-20(14)15)16-12-7-3-5-10-4-1-2-6-11(10)12/h1-2,4,6,8-9,12H,3,5,7H2,(H,16,19)(H,18,21). The number of aryl methyl sites for hydroxylation is 1. The van der Waals surface area contributed by atoms with Crippen molar-refractivity contribution >= 4 is 11.5 Å². The molecule has 0 amide bonds. The molecule has 6 nitrogen and oxygen atoms in total. The first kappa shape index (κ1) is 12.1. The number of fused-ring (bicyclic) bond motifs is 2. The monoisotopic (exact) mass is 281 g/mol. The van der Waals surface area contributed by atoms with Crippen molar-refractivity contribution in [1.82, 2.24) is 19.8 Å². The number of aromatic nitrogens is 4. The topological polar surface area (TPSA) is 75.1 Å². The lowest BCUT2D eigenvalue weighted by Gasteiger charge is -2.26. The molecule has 2 aromatic heterocycles. The number of H-pyrrole nitrogens is 1. The molecule has 1 unspecified atom stereocenters. The van der Waals surface area contributed by atoms with Crippen molar-refractivity contribution in [2.75, 3.05) is 5.32 Å². The SMILES string of the molecule is O=c1[nH]nc2ccc(NC3CCCc4ccccc43)nn12. The van der Waals surface area contributed by atoms with Crippen molar-refractivity contribution in [3.63, 3.8) is 0 Å². The Morgan fingerprint density at radius 3 is 3.10 bits per heavy atom. The fraction of sp³-hybridized carbons (Fsp3) is 0.267. The molecule has 0 bridgehead atoms. The second kappa shape index (κ2) is 4.73. The molecule has 0 spiro atoms. The minimum absolute atomic E-state index is 0.238. The first-order valence-corrected chi connectivity index (χ1v) is 7.10. The van der Waals surface area contributed by atoms with Crippen LogP contribution in [0.2, 0.25) is 0 Å². The number of aromatic amines is 1. The maximum absolute atomic E-state index is 11.6. The normalized spacial score (nSPS) is 17.6. The number of rotatable bonds is 2. The molecule has 1 aliphatic carbocycles. The van der Waals surface area contributed by atoms with Crippen molar-refractivity contribution in [3.8, 4) is 0 Å². The summed E-state index contributed by atoms with van der Waals surface area (Å²) in [6, 6.07) is 12.4. The van der Waals surface area contributed by atoms with Gasteiger partial charge in [-0.15, -0.1) is 5.10 Å². The lowest BCUT2D eigenvalue weighted by Crippen LogP contribution is -2.19. The smallest absolute Gasteiger partial charge is 0.362 e. The van der Waals surface area contributed by atoms with Crippen LogP contribution < -0.4 is 11.0 Å². The molecule has 21 heavy (non-hydrogen) atoms. The molecule has 0 saturated heterocycles. The molecular weight excluding hydrogens is 266 g/mol. The zero-order chi connectivity index (χ0) is 14.2. The van der Waals surface area contributed by atoms with E-state index in [-0.39, 0.29) is 11.7 Å². The summed E-state index contributed by atoms with van der Waals surface area (Å²) in [5.41, 5.74) is 2.92. The lowest BCUT2D eigenvalue weighted by molar-refractivity contribution is 0.597. The van der Waals surface area contributed by atoms with Gasteiger partial charge in [-0.3, -0.25) is 0 Å². The number of hydrogen-bond acceptors (Lipinski definition) is 4. The highest BCUT2D eigenvalue weighted by Gasteiger charge is 2.20. The summed E-state index contributed by atoms with van der Waals surface area (Å²) in [5.74, 6) is 0.688. The highest BCUT2D eigenvalue weighted by molar-refractivity contribution is 5.46. The van der Waals surface area contributed by atoms with Gasteiger partial charge < -0.3 is 5.32 Å². The fourth-order valence-corrected chi connectivity index (χ4v) is 2.96. The van der Waals surface area contributed by atoms with E-state index in [0.717, 1.165) is 19.3 Å². The predicted octanol–water partition coefficient (Wildman–Crippen LogP) is 1.91. The molecule has 0 saturated carbocycles. The van der Waals surface area contributed by atoms with Gasteiger partial charge in [-0.05, 0) is 42.5 Å². The van der Waals surface area contributed by atoms with E-state index in [0.29, 0.717) is 11.5 Å². The zero-order valence-electron chi connectivity index (χ0n) is 11.4. The number of anilines is 1. The van der Waals surface area contributed by atoms with E-state index >= 15 is 0 Å². The number of hydrogen-bond donors (Lipinski definition) is 2. The van der Waals surface area contributed by atoms with Gasteiger partial charge >= 0.3 is 5.69 Å². The Morgan fingerprint density at radius 1 is 1.24 bits per heavy atom. The third-order valence-electron chi connectivity index (χ3n) is 3.97. The molecule has 0 fully saturated rings. The molecule has 0 aliphatic heterocycles. The van der Waals surface area contributed by atoms with Gasteiger partial charge in [0.15, 0.2) is 5.65 Å². The van der Waals surface area contributed by atoms with Crippen molar-refractivity contribution in [2.24, 2.45) is 0 Å². The van der Waals surface area contributed by atoms with E-state index in [1.807, 2.05) is 6.07 Å². The molecule has 6 heteroatoms. The van der Waals surface area contributed by atoms with E-state index in [1.165, 1.54) is 15.6 Å². The van der Waals surface area contributed by atoms with Crippen molar-refractivity contribution in [2.45, 2.75) is 25.3 Å². The van der Waals surface area contributed by atoms with Crippen molar-refractivity contribution in [3.05, 3.63) is 58.0 Å². The molecule has 1 aromatic carbocycles. The van der Waals surface area contributed by atoms with Crippen LogP contribution in [0.1, 0.15) is 30.0 Å². The summed E-state index contributed by atoms with van der Waals surface area (Å²) < 4.78 is 1.27. The molecule has 3 aromatic rings. The van der Waals surface area contributed by atoms with Gasteiger partial charge in [-0.25, -0.2) is 9.89 Å². The molecule has 4 rings (SSSR count). The summed E-state index contributed by atoms with van der Waals surface area (Å²) in [5, 5.41) is 14.0. The Morgan fingerprint density at radius 2 is 2.14 bits per heavy atom. The van der Waals surface area contributed by atoms with Crippen LogP contribution in [0, 0.1) is 0 Å². The van der Waals surface area contributed by atoms with Gasteiger partial charge in [0, 0.05) is 0 Å². The van der Waals surface area contributed by atoms with Crippen LogP contribution in [-0.2, 0) is 6.42 Å². The third kappa shape index (κ3) is 2.08. The van der Waals surface area contributed by atoms with Gasteiger partial charge in [0.1, 0.15) is 5.82 Å². The summed E-state index contributed by atoms with van der Waals surface area (Å²) >= 11 is 0. The average molecular weight is 281 g/mol. The summed E-state index contributed by atoms with van der Waals surface area (Å²) in [4.78, 5) is 11.6. The van der Waals surface area contributed by atoms with Crippen LogP contribution in [0.25, 0.3) is 5.65 Å². The van der Waals surface area contributed by atoms with E-state index in [4.69, 9.17) is 0 Å². The quantitative estimate of drug-likeness (QED) is 0.752. The van der Waals surface area contributed by atoms with Gasteiger partial charge in [0.25, 0.3) is 0 Å². The zero-order valence-corrected chi connectivity index (χ0v) is 11.4. The van der Waals surface area contributed by atoms with E-state index < -0.39 is 0 Å². The van der Waals surface area contributed by atoms with Gasteiger partial charge in [0.2, 0.25) is 0 Å². The van der Waals surface area contributed by atoms with Crippen LogP contribution in [-0.4, -0.2) is 19.8 Å². The largest absolute Gasteiger partial charge is 0.364 e. The molecule has 0 radical (unpaired) electrons. The molecular formula is C15H15N5O. The predicted molar refractivity (Wildman–Crippen MR) is 79.4 cm³/mol. The Balaban J connectivity index is 1.69. The van der Waals surface area contributed by atoms with Crippen LogP contribution >= 0.6 is 0 Å². The number of nitrogens with zero attached hydrogens (tertiary/aromatic N) is 3. The number of benzene rings is 1. The summed E-state index contributed by atoms with van der Waals surface area (Å²) in [7, 11) is 0. The van der Waals surface area contributed by atoms with E-state index in [9.17, 15) is 4.79 Å². The van der Waals surface area contributed by atoms with Gasteiger partial charge in [-0.2, -0.15) is 9.61 Å². The third-order valence-corrected chi connectivity index (χ3v) is 3.97. The molecule has 106 valence electrons. The van der Waals surface area contributed by atoms with Crippen LogP contribution in [0.3, 0.4) is 0 Å². The average Bonchev–Trinajstić information content (AvgIpc) is 2.89. The van der Waals surface area contributed by atoms with Crippen molar-refractivity contribution in [1.29, 1.82) is 0 Å². The van der Waals surface area contributed by atoms with Crippen molar-refractivity contribution < 1.29 is 0 Å². The van der Waals surface area contributed by atoms with Crippen LogP contribution in [0.5, 0.6) is 0 Å². The minimum Gasteiger partial charge on any atom is -0.362 e. The first-order valence-electron chi connectivity index (χ1n) is 7.10. The minimum atomic E-state index is -0.322. The van der Waals surface area contributed by atoms with E-state index in [1.54, 1.807) is 6.07 Å². The van der Waals surface area contributed by atoms with Crippen LogP contribution in [0.15, 0.2) is 41.2 Å². The second-order valence-electron chi connectivity index (χ2n) is 5.31. The fourth-order valence-electron chi connectivity index (χ4n) is 2.96. The maximum Gasteiger partial charge on any atom is 0.364 e. The summed E-state index contributed by atoms with van der Waals surface area (Å²) in [6.07, 6.45) is 3.35. The molecule has 1 atom stereocenters.